The normalized spacial score (nSPS) is 12.1. The highest BCUT2D eigenvalue weighted by atomic mass is 79.9. The molecule has 7 nitrogen and oxygen atoms in total. The Morgan fingerprint density at radius 1 is 1.24 bits per heavy atom. The Morgan fingerprint density at radius 2 is 1.81 bits per heavy atom. The highest BCUT2D eigenvalue weighted by molar-refractivity contribution is 9.10. The van der Waals surface area contributed by atoms with E-state index in [9.17, 15) is 18.5 Å². The van der Waals surface area contributed by atoms with Gasteiger partial charge in [-0.2, -0.15) is 0 Å². The van der Waals surface area contributed by atoms with E-state index in [1.54, 1.807) is 31.3 Å². The van der Waals surface area contributed by atoms with Crippen molar-refractivity contribution < 1.29 is 13.3 Å². The molecule has 21 heavy (non-hydrogen) atoms. The Labute approximate surface area is 132 Å². The van der Waals surface area contributed by atoms with Crippen LogP contribution in [0.3, 0.4) is 0 Å². The summed E-state index contributed by atoms with van der Waals surface area (Å²) in [6.45, 7) is 0. The quantitative estimate of drug-likeness (QED) is 0.579. The Balaban J connectivity index is 3.56. The van der Waals surface area contributed by atoms with Gasteiger partial charge in [-0.1, -0.05) is 0 Å². The van der Waals surface area contributed by atoms with E-state index < -0.39 is 14.9 Å². The third-order valence-corrected chi connectivity index (χ3v) is 5.04. The Morgan fingerprint density at radius 3 is 2.24 bits per heavy atom. The Kier molecular flexibility index (Phi) is 5.48. The van der Waals surface area contributed by atoms with Gasteiger partial charge in [0.05, 0.1) is 15.4 Å². The molecular weight excluding hydrogens is 362 g/mol. The van der Waals surface area contributed by atoms with E-state index >= 15 is 0 Å². The first-order valence-electron chi connectivity index (χ1n) is 5.82. The van der Waals surface area contributed by atoms with Crippen LogP contribution >= 0.6 is 15.9 Å². The summed E-state index contributed by atoms with van der Waals surface area (Å²) in [6.07, 6.45) is 3.20. The van der Waals surface area contributed by atoms with Gasteiger partial charge in [0.15, 0.2) is 0 Å². The molecule has 0 atom stereocenters. The van der Waals surface area contributed by atoms with Crippen molar-refractivity contribution in [2.24, 2.45) is 0 Å². The predicted molar refractivity (Wildman–Crippen MR) is 84.4 cm³/mol. The maximum absolute atomic E-state index is 12.1. The number of hydrogen-bond acceptors (Lipinski definition) is 5. The zero-order chi connectivity index (χ0) is 16.4. The average molecular weight is 378 g/mol. The minimum absolute atomic E-state index is 0.131. The molecule has 0 amide bonds. The summed E-state index contributed by atoms with van der Waals surface area (Å²) in [5, 5.41) is 11.2. The van der Waals surface area contributed by atoms with Crippen molar-refractivity contribution in [1.29, 1.82) is 0 Å². The fourth-order valence-electron chi connectivity index (χ4n) is 1.48. The first-order chi connectivity index (χ1) is 9.57. The lowest BCUT2D eigenvalue weighted by Gasteiger charge is -2.13. The smallest absolute Gasteiger partial charge is 0.279 e. The van der Waals surface area contributed by atoms with Gasteiger partial charge in [0.25, 0.3) is 5.69 Å². The van der Waals surface area contributed by atoms with E-state index in [4.69, 9.17) is 0 Å². The lowest BCUT2D eigenvalue weighted by Crippen LogP contribution is -2.22. The first-order valence-corrected chi connectivity index (χ1v) is 8.05. The summed E-state index contributed by atoms with van der Waals surface area (Å²) in [5.41, 5.74) is 0.0364. The van der Waals surface area contributed by atoms with Crippen molar-refractivity contribution in [3.05, 3.63) is 38.5 Å². The molecule has 0 unspecified atom stereocenters. The van der Waals surface area contributed by atoms with Crippen LogP contribution in [-0.4, -0.2) is 50.7 Å². The molecular formula is C12H16BrN3O4S. The van der Waals surface area contributed by atoms with E-state index in [0.717, 1.165) is 10.4 Å². The fraction of sp³-hybridized carbons (Fsp3) is 0.333. The van der Waals surface area contributed by atoms with Crippen molar-refractivity contribution in [1.82, 2.24) is 9.21 Å². The minimum atomic E-state index is -3.74. The second-order valence-corrected chi connectivity index (χ2v) is 7.67. The number of rotatable bonds is 5. The highest BCUT2D eigenvalue weighted by Gasteiger charge is 2.24. The zero-order valence-electron chi connectivity index (χ0n) is 12.1. The number of hydrogen-bond donors (Lipinski definition) is 0. The van der Waals surface area contributed by atoms with Gasteiger partial charge in [-0.25, -0.2) is 12.7 Å². The summed E-state index contributed by atoms with van der Waals surface area (Å²) in [7, 11) is 2.56. The van der Waals surface area contributed by atoms with Gasteiger partial charge < -0.3 is 4.90 Å². The van der Waals surface area contributed by atoms with Crippen LogP contribution in [0.2, 0.25) is 0 Å². The number of benzene rings is 1. The lowest BCUT2D eigenvalue weighted by atomic mass is 10.2. The number of nitro groups is 1. The van der Waals surface area contributed by atoms with Crippen LogP contribution in [0.5, 0.6) is 0 Å². The summed E-state index contributed by atoms with van der Waals surface area (Å²) < 4.78 is 25.5. The van der Waals surface area contributed by atoms with Crippen LogP contribution in [-0.2, 0) is 10.0 Å². The van der Waals surface area contributed by atoms with E-state index in [0.29, 0.717) is 10.0 Å². The second kappa shape index (κ2) is 6.54. The molecule has 1 aromatic carbocycles. The second-order valence-electron chi connectivity index (χ2n) is 4.66. The molecule has 0 heterocycles. The molecule has 1 rings (SSSR count). The highest BCUT2D eigenvalue weighted by Crippen LogP contribution is 2.32. The zero-order valence-corrected chi connectivity index (χ0v) is 14.5. The van der Waals surface area contributed by atoms with Crippen LogP contribution in [0.15, 0.2) is 27.7 Å². The van der Waals surface area contributed by atoms with Gasteiger partial charge in [0, 0.05) is 38.7 Å². The van der Waals surface area contributed by atoms with Gasteiger partial charge in [-0.15, -0.1) is 0 Å². The van der Waals surface area contributed by atoms with E-state index in [-0.39, 0.29) is 10.6 Å². The van der Waals surface area contributed by atoms with Gasteiger partial charge in [-0.3, -0.25) is 10.1 Å². The Bertz CT molecular complexity index is 684. The summed E-state index contributed by atoms with van der Waals surface area (Å²) in [4.78, 5) is 12.2. The molecule has 0 saturated carbocycles. The number of nitro benzene ring substituents is 1. The molecule has 0 aliphatic heterocycles. The van der Waals surface area contributed by atoms with Crippen LogP contribution in [0.25, 0.3) is 6.08 Å². The number of sulfonamides is 1. The number of halogens is 1. The topological polar surface area (TPSA) is 83.8 Å². The molecule has 0 N–H and O–H groups in total. The van der Waals surface area contributed by atoms with Crippen LogP contribution in [0.1, 0.15) is 5.56 Å². The van der Waals surface area contributed by atoms with E-state index in [2.05, 4.69) is 15.9 Å². The minimum Gasteiger partial charge on any atom is -0.383 e. The SMILES string of the molecule is CN(C)C=Cc1c(Br)cc(S(=O)(=O)N(C)C)cc1[N+](=O)[O-]. The Hall–Kier alpha value is -1.45. The molecule has 0 fully saturated rings. The van der Waals surface area contributed by atoms with E-state index in [1.165, 1.54) is 20.2 Å². The third-order valence-electron chi connectivity index (χ3n) is 2.60. The van der Waals surface area contributed by atoms with Crippen molar-refractivity contribution in [2.45, 2.75) is 4.90 Å². The van der Waals surface area contributed by atoms with Crippen molar-refractivity contribution in [3.8, 4) is 0 Å². The molecule has 0 radical (unpaired) electrons. The maximum Gasteiger partial charge on any atom is 0.279 e. The molecule has 0 aliphatic carbocycles. The number of nitrogens with zero attached hydrogens (tertiary/aromatic N) is 3. The summed E-state index contributed by atoms with van der Waals surface area (Å²) >= 11 is 3.20. The van der Waals surface area contributed by atoms with Crippen molar-refractivity contribution >= 4 is 37.7 Å². The van der Waals surface area contributed by atoms with Gasteiger partial charge in [0.1, 0.15) is 0 Å². The summed E-state index contributed by atoms with van der Waals surface area (Å²) in [6, 6.07) is 2.42. The van der Waals surface area contributed by atoms with Crippen LogP contribution in [0, 0.1) is 10.1 Å². The maximum atomic E-state index is 12.1. The molecule has 1 aromatic rings. The first kappa shape index (κ1) is 17.6. The fourth-order valence-corrected chi connectivity index (χ4v) is 3.16. The molecule has 9 heteroatoms. The van der Waals surface area contributed by atoms with Crippen LogP contribution < -0.4 is 0 Å². The molecule has 0 bridgehead atoms. The van der Waals surface area contributed by atoms with Crippen molar-refractivity contribution in [2.75, 3.05) is 28.2 Å². The third kappa shape index (κ3) is 4.02. The average Bonchev–Trinajstić information content (AvgIpc) is 2.35. The van der Waals surface area contributed by atoms with Crippen molar-refractivity contribution in [3.63, 3.8) is 0 Å². The molecule has 0 saturated heterocycles. The van der Waals surface area contributed by atoms with E-state index in [1.807, 2.05) is 0 Å². The monoisotopic (exact) mass is 377 g/mol. The molecule has 0 spiro atoms. The van der Waals surface area contributed by atoms with Gasteiger partial charge >= 0.3 is 0 Å². The molecule has 0 aromatic heterocycles. The molecule has 116 valence electrons. The standard InChI is InChI=1S/C12H16BrN3O4S/c1-14(2)6-5-10-11(13)7-9(8-12(10)16(17)18)21(19,20)15(3)4/h5-8H,1-4H3. The predicted octanol–water partition coefficient (Wildman–Crippen LogP) is 2.14. The van der Waals surface area contributed by atoms with Gasteiger partial charge in [-0.05, 0) is 34.3 Å². The largest absolute Gasteiger partial charge is 0.383 e. The molecule has 0 aliphatic rings. The van der Waals surface area contributed by atoms with Gasteiger partial charge in [0.2, 0.25) is 10.0 Å². The summed E-state index contributed by atoms with van der Waals surface area (Å²) in [5.74, 6) is 0. The lowest BCUT2D eigenvalue weighted by molar-refractivity contribution is -0.385. The van der Waals surface area contributed by atoms with Crippen LogP contribution in [0.4, 0.5) is 5.69 Å².